The number of benzene rings is 2. The predicted octanol–water partition coefficient (Wildman–Crippen LogP) is 3.71. The van der Waals surface area contributed by atoms with E-state index in [1.165, 1.54) is 0 Å². The van der Waals surface area contributed by atoms with Crippen LogP contribution < -0.4 is 15.4 Å². The first-order valence-electron chi connectivity index (χ1n) is 12.8. The van der Waals surface area contributed by atoms with E-state index in [-0.39, 0.29) is 42.9 Å². The van der Waals surface area contributed by atoms with Crippen molar-refractivity contribution in [1.82, 2.24) is 20.8 Å². The van der Waals surface area contributed by atoms with E-state index in [0.717, 1.165) is 31.2 Å². The first-order valence-corrected chi connectivity index (χ1v) is 12.8. The van der Waals surface area contributed by atoms with Crippen LogP contribution in [0, 0.1) is 12.8 Å². The van der Waals surface area contributed by atoms with Crippen molar-refractivity contribution >= 4 is 17.8 Å². The molecule has 1 saturated carbocycles. The van der Waals surface area contributed by atoms with Gasteiger partial charge in [0.15, 0.2) is 5.82 Å². The van der Waals surface area contributed by atoms with Gasteiger partial charge in [-0.3, -0.25) is 14.4 Å². The number of hydrogen-bond donors (Lipinski definition) is 2. The summed E-state index contributed by atoms with van der Waals surface area (Å²) in [5.74, 6) is 0.984. The van der Waals surface area contributed by atoms with Gasteiger partial charge in [0.2, 0.25) is 0 Å². The van der Waals surface area contributed by atoms with Gasteiger partial charge in [-0.05, 0) is 88.1 Å². The van der Waals surface area contributed by atoms with E-state index in [9.17, 15) is 14.4 Å². The van der Waals surface area contributed by atoms with Crippen LogP contribution in [0.4, 0.5) is 0 Å². The molecule has 2 N–H and O–H groups in total. The molecular formula is C28H32N4O6. The summed E-state index contributed by atoms with van der Waals surface area (Å²) >= 11 is 0. The molecule has 2 amide bonds. The van der Waals surface area contributed by atoms with Gasteiger partial charge in [0.25, 0.3) is 17.7 Å². The molecule has 0 saturated heterocycles. The molecule has 0 unspecified atom stereocenters. The Morgan fingerprint density at radius 1 is 0.895 bits per heavy atom. The van der Waals surface area contributed by atoms with Gasteiger partial charge in [-0.1, -0.05) is 5.16 Å². The van der Waals surface area contributed by atoms with E-state index in [4.69, 9.17) is 14.0 Å². The Labute approximate surface area is 221 Å². The molecule has 38 heavy (non-hydrogen) atoms. The van der Waals surface area contributed by atoms with Gasteiger partial charge in [0.05, 0.1) is 18.6 Å². The van der Waals surface area contributed by atoms with Crippen molar-refractivity contribution in [2.24, 2.45) is 5.92 Å². The molecule has 3 aromatic rings. The Kier molecular flexibility index (Phi) is 9.07. The Bertz CT molecular complexity index is 1230. The summed E-state index contributed by atoms with van der Waals surface area (Å²) < 4.78 is 16.3. The van der Waals surface area contributed by atoms with E-state index in [1.54, 1.807) is 55.5 Å². The van der Waals surface area contributed by atoms with Gasteiger partial charge in [-0.25, -0.2) is 0 Å². The summed E-state index contributed by atoms with van der Waals surface area (Å²) in [7, 11) is 0. The van der Waals surface area contributed by atoms with E-state index in [2.05, 4.69) is 20.8 Å². The van der Waals surface area contributed by atoms with Crippen molar-refractivity contribution in [1.29, 1.82) is 0 Å². The molecule has 2 aromatic carbocycles. The standard InChI is InChI=1S/C28H32N4O6/c1-3-36-28(35)22-10-14-24(15-11-22)37-23-12-8-20(9-13-23)26(34)30-17-16-29-25(33)19-4-6-21(7-5-19)27-31-18(2)32-38-27/h4-9,12-13,22,24H,3,10-11,14-17H2,1-2H3,(H,29,33)(H,30,34). The second kappa shape index (κ2) is 12.8. The Morgan fingerprint density at radius 3 is 2.00 bits per heavy atom. The fourth-order valence-corrected chi connectivity index (χ4v) is 4.29. The van der Waals surface area contributed by atoms with Gasteiger partial charge in [0.1, 0.15) is 5.75 Å². The lowest BCUT2D eigenvalue weighted by molar-refractivity contribution is -0.149. The first kappa shape index (κ1) is 26.8. The van der Waals surface area contributed by atoms with E-state index >= 15 is 0 Å². The number of rotatable bonds is 10. The van der Waals surface area contributed by atoms with Crippen LogP contribution in [0.3, 0.4) is 0 Å². The summed E-state index contributed by atoms with van der Waals surface area (Å²) in [6.07, 6.45) is 3.14. The summed E-state index contributed by atoms with van der Waals surface area (Å²) in [5, 5.41) is 9.34. The largest absolute Gasteiger partial charge is 0.490 e. The SMILES string of the molecule is CCOC(=O)C1CCC(Oc2ccc(C(=O)NCCNC(=O)c3ccc(-c4nc(C)no4)cc3)cc2)CC1. The number of aryl methyl sites for hydroxylation is 1. The molecule has 0 spiro atoms. The van der Waals surface area contributed by atoms with Crippen LogP contribution in [-0.4, -0.2) is 53.7 Å². The molecule has 200 valence electrons. The highest BCUT2D eigenvalue weighted by Crippen LogP contribution is 2.28. The van der Waals surface area contributed by atoms with Crippen LogP contribution in [0.15, 0.2) is 53.1 Å². The van der Waals surface area contributed by atoms with Crippen LogP contribution in [0.5, 0.6) is 5.75 Å². The average Bonchev–Trinajstić information content (AvgIpc) is 3.38. The number of esters is 1. The van der Waals surface area contributed by atoms with E-state index in [1.807, 2.05) is 6.92 Å². The molecule has 1 aliphatic carbocycles. The molecule has 1 fully saturated rings. The summed E-state index contributed by atoms with van der Waals surface area (Å²) in [5.41, 5.74) is 1.72. The number of hydrogen-bond acceptors (Lipinski definition) is 8. The minimum Gasteiger partial charge on any atom is -0.490 e. The molecule has 4 rings (SSSR count). The zero-order chi connectivity index (χ0) is 26.9. The maximum Gasteiger partial charge on any atom is 0.308 e. The highest BCUT2D eigenvalue weighted by molar-refractivity contribution is 5.95. The number of carbonyl (C=O) groups is 3. The highest BCUT2D eigenvalue weighted by atomic mass is 16.5. The summed E-state index contributed by atoms with van der Waals surface area (Å²) in [6, 6.07) is 13.8. The minimum absolute atomic E-state index is 0.0433. The molecule has 1 aliphatic rings. The average molecular weight is 521 g/mol. The Balaban J connectivity index is 1.16. The normalized spacial score (nSPS) is 16.9. The fourth-order valence-electron chi connectivity index (χ4n) is 4.29. The fraction of sp³-hybridized carbons (Fsp3) is 0.393. The van der Waals surface area contributed by atoms with E-state index < -0.39 is 0 Å². The lowest BCUT2D eigenvalue weighted by Crippen LogP contribution is -2.34. The van der Waals surface area contributed by atoms with Gasteiger partial charge < -0.3 is 24.6 Å². The zero-order valence-electron chi connectivity index (χ0n) is 21.6. The van der Waals surface area contributed by atoms with Crippen LogP contribution in [-0.2, 0) is 9.53 Å². The van der Waals surface area contributed by atoms with Gasteiger partial charge in [-0.2, -0.15) is 4.98 Å². The summed E-state index contributed by atoms with van der Waals surface area (Å²) in [6.45, 7) is 4.52. The molecule has 0 bridgehead atoms. The maximum absolute atomic E-state index is 12.5. The smallest absolute Gasteiger partial charge is 0.308 e. The van der Waals surface area contributed by atoms with Crippen LogP contribution in [0.1, 0.15) is 59.1 Å². The molecule has 0 radical (unpaired) electrons. The lowest BCUT2D eigenvalue weighted by atomic mass is 9.87. The van der Waals surface area contributed by atoms with Crippen molar-refractivity contribution in [3.63, 3.8) is 0 Å². The predicted molar refractivity (Wildman–Crippen MR) is 139 cm³/mol. The number of nitrogens with zero attached hydrogens (tertiary/aromatic N) is 2. The third-order valence-corrected chi connectivity index (χ3v) is 6.33. The third kappa shape index (κ3) is 7.18. The van der Waals surface area contributed by atoms with Crippen molar-refractivity contribution in [3.8, 4) is 17.2 Å². The third-order valence-electron chi connectivity index (χ3n) is 6.33. The number of aromatic nitrogens is 2. The van der Waals surface area contributed by atoms with Crippen LogP contribution >= 0.6 is 0 Å². The zero-order valence-corrected chi connectivity index (χ0v) is 21.6. The molecule has 1 heterocycles. The molecular weight excluding hydrogens is 488 g/mol. The van der Waals surface area contributed by atoms with Crippen LogP contribution in [0.25, 0.3) is 11.5 Å². The number of amides is 2. The van der Waals surface area contributed by atoms with Gasteiger partial charge in [-0.15, -0.1) is 0 Å². The molecule has 1 aromatic heterocycles. The topological polar surface area (TPSA) is 133 Å². The van der Waals surface area contributed by atoms with Crippen molar-refractivity contribution in [2.75, 3.05) is 19.7 Å². The van der Waals surface area contributed by atoms with E-state index in [0.29, 0.717) is 35.2 Å². The number of ether oxygens (including phenoxy) is 2. The van der Waals surface area contributed by atoms with Crippen molar-refractivity contribution in [2.45, 2.75) is 45.6 Å². The Hall–Kier alpha value is -4.21. The maximum atomic E-state index is 12.5. The van der Waals surface area contributed by atoms with Gasteiger partial charge in [0, 0.05) is 29.8 Å². The molecule has 10 nitrogen and oxygen atoms in total. The lowest BCUT2D eigenvalue weighted by Gasteiger charge is -2.27. The molecule has 10 heteroatoms. The Morgan fingerprint density at radius 2 is 1.47 bits per heavy atom. The highest BCUT2D eigenvalue weighted by Gasteiger charge is 2.28. The monoisotopic (exact) mass is 520 g/mol. The summed E-state index contributed by atoms with van der Waals surface area (Å²) in [4.78, 5) is 40.9. The second-order valence-corrected chi connectivity index (χ2v) is 9.10. The number of nitrogens with one attached hydrogen (secondary N) is 2. The van der Waals surface area contributed by atoms with Crippen molar-refractivity contribution < 1.29 is 28.4 Å². The van der Waals surface area contributed by atoms with Gasteiger partial charge >= 0.3 is 5.97 Å². The molecule has 0 atom stereocenters. The quantitative estimate of drug-likeness (QED) is 0.305. The van der Waals surface area contributed by atoms with Crippen molar-refractivity contribution in [3.05, 3.63) is 65.5 Å². The molecule has 0 aliphatic heterocycles. The minimum atomic E-state index is -0.245. The second-order valence-electron chi connectivity index (χ2n) is 9.10. The first-order chi connectivity index (χ1) is 18.4. The van der Waals surface area contributed by atoms with Crippen LogP contribution in [0.2, 0.25) is 0 Å². The number of carbonyl (C=O) groups excluding carboxylic acids is 3.